The second kappa shape index (κ2) is 6.35. The number of carbonyl (C=O) groups is 1. The van der Waals surface area contributed by atoms with E-state index in [1.54, 1.807) is 18.5 Å². The van der Waals surface area contributed by atoms with Crippen molar-refractivity contribution in [3.63, 3.8) is 0 Å². The second-order valence-electron chi connectivity index (χ2n) is 3.88. The topological polar surface area (TPSA) is 57.8 Å². The lowest BCUT2D eigenvalue weighted by Crippen LogP contribution is -2.25. The molecule has 2 rings (SSSR count). The highest BCUT2D eigenvalue weighted by atomic mass is 79.9. The number of hydrogen-bond acceptors (Lipinski definition) is 2. The fraction of sp³-hybridized carbons (Fsp3) is 0.231. The van der Waals surface area contributed by atoms with Gasteiger partial charge in [-0.2, -0.15) is 0 Å². The molecule has 0 bridgehead atoms. The molecule has 5 heteroatoms. The summed E-state index contributed by atoms with van der Waals surface area (Å²) in [6.45, 7) is 0.640. The van der Waals surface area contributed by atoms with Gasteiger partial charge in [0.25, 0.3) is 5.91 Å². The molecule has 0 saturated carbocycles. The molecule has 0 saturated heterocycles. The van der Waals surface area contributed by atoms with Crippen LogP contribution in [0.3, 0.4) is 0 Å². The monoisotopic (exact) mass is 307 g/mol. The first-order valence-corrected chi connectivity index (χ1v) is 6.57. The number of nitrogens with zero attached hydrogens (tertiary/aromatic N) is 1. The molecule has 0 atom stereocenters. The molecule has 0 aliphatic carbocycles. The highest BCUT2D eigenvalue weighted by molar-refractivity contribution is 9.10. The van der Waals surface area contributed by atoms with Gasteiger partial charge in [0.05, 0.1) is 5.56 Å². The molecular weight excluding hydrogens is 294 g/mol. The average Bonchev–Trinajstić information content (AvgIpc) is 2.88. The molecule has 94 valence electrons. The Labute approximate surface area is 114 Å². The summed E-state index contributed by atoms with van der Waals surface area (Å²) in [7, 11) is 0. The SMILES string of the molecule is O=C(NCCCc1ncc[nH]1)c1ccccc1Br. The van der Waals surface area contributed by atoms with Gasteiger partial charge in [-0.1, -0.05) is 12.1 Å². The number of amides is 1. The number of hydrogen-bond donors (Lipinski definition) is 2. The summed E-state index contributed by atoms with van der Waals surface area (Å²) in [5, 5.41) is 2.89. The Hall–Kier alpha value is -1.62. The van der Waals surface area contributed by atoms with Gasteiger partial charge in [0.2, 0.25) is 0 Å². The zero-order chi connectivity index (χ0) is 12.8. The highest BCUT2D eigenvalue weighted by Gasteiger charge is 2.07. The van der Waals surface area contributed by atoms with Gasteiger partial charge in [-0.3, -0.25) is 4.79 Å². The van der Waals surface area contributed by atoms with Crippen LogP contribution < -0.4 is 5.32 Å². The van der Waals surface area contributed by atoms with Crippen LogP contribution in [0.1, 0.15) is 22.6 Å². The molecule has 1 heterocycles. The van der Waals surface area contributed by atoms with Crippen molar-refractivity contribution in [3.05, 3.63) is 52.5 Å². The minimum absolute atomic E-state index is 0.0538. The first-order chi connectivity index (χ1) is 8.77. The van der Waals surface area contributed by atoms with E-state index < -0.39 is 0 Å². The van der Waals surface area contributed by atoms with Crippen LogP contribution in [0.25, 0.3) is 0 Å². The van der Waals surface area contributed by atoms with Gasteiger partial charge < -0.3 is 10.3 Å². The minimum Gasteiger partial charge on any atom is -0.352 e. The molecular formula is C13H14BrN3O. The number of aromatic nitrogens is 2. The molecule has 0 spiro atoms. The molecule has 0 aliphatic heterocycles. The molecule has 18 heavy (non-hydrogen) atoms. The Morgan fingerprint density at radius 1 is 1.39 bits per heavy atom. The van der Waals surface area contributed by atoms with E-state index in [4.69, 9.17) is 0 Å². The summed E-state index contributed by atoms with van der Waals surface area (Å²) in [5.41, 5.74) is 0.662. The largest absolute Gasteiger partial charge is 0.352 e. The molecule has 0 fully saturated rings. The first-order valence-electron chi connectivity index (χ1n) is 5.78. The standard InChI is InChI=1S/C13H14BrN3O/c14-11-5-2-1-4-10(11)13(18)17-7-3-6-12-15-8-9-16-12/h1-2,4-5,8-9H,3,6-7H2,(H,15,16)(H,17,18). The van der Waals surface area contributed by atoms with Gasteiger partial charge in [-0.05, 0) is 34.5 Å². The number of H-pyrrole nitrogens is 1. The molecule has 0 radical (unpaired) electrons. The number of benzene rings is 1. The summed E-state index contributed by atoms with van der Waals surface area (Å²) >= 11 is 3.36. The van der Waals surface area contributed by atoms with E-state index in [9.17, 15) is 4.79 Å². The molecule has 0 unspecified atom stereocenters. The zero-order valence-corrected chi connectivity index (χ0v) is 11.4. The zero-order valence-electron chi connectivity index (χ0n) is 9.82. The number of aromatic amines is 1. The Bertz CT molecular complexity index is 511. The summed E-state index contributed by atoms with van der Waals surface area (Å²) in [5.74, 6) is 0.895. The van der Waals surface area contributed by atoms with Crippen molar-refractivity contribution >= 4 is 21.8 Å². The van der Waals surface area contributed by atoms with Crippen molar-refractivity contribution in [1.82, 2.24) is 15.3 Å². The summed E-state index contributed by atoms with van der Waals surface area (Å²) < 4.78 is 0.813. The maximum absolute atomic E-state index is 11.9. The predicted molar refractivity (Wildman–Crippen MR) is 73.4 cm³/mol. The van der Waals surface area contributed by atoms with Gasteiger partial charge in [0.1, 0.15) is 5.82 Å². The van der Waals surface area contributed by atoms with E-state index >= 15 is 0 Å². The Morgan fingerprint density at radius 2 is 2.22 bits per heavy atom. The van der Waals surface area contributed by atoms with Crippen molar-refractivity contribution in [1.29, 1.82) is 0 Å². The van der Waals surface area contributed by atoms with Crippen LogP contribution in [0.5, 0.6) is 0 Å². The number of imidazole rings is 1. The van der Waals surface area contributed by atoms with E-state index in [0.29, 0.717) is 12.1 Å². The lowest BCUT2D eigenvalue weighted by atomic mass is 10.2. The van der Waals surface area contributed by atoms with Gasteiger partial charge in [0, 0.05) is 29.8 Å². The summed E-state index contributed by atoms with van der Waals surface area (Å²) in [6.07, 6.45) is 5.23. The van der Waals surface area contributed by atoms with E-state index in [-0.39, 0.29) is 5.91 Å². The molecule has 1 aromatic heterocycles. The minimum atomic E-state index is -0.0538. The van der Waals surface area contributed by atoms with Crippen molar-refractivity contribution < 1.29 is 4.79 Å². The number of rotatable bonds is 5. The molecule has 1 aromatic carbocycles. The van der Waals surface area contributed by atoms with Crippen LogP contribution in [0.4, 0.5) is 0 Å². The number of nitrogens with one attached hydrogen (secondary N) is 2. The number of halogens is 1. The molecule has 0 aliphatic rings. The Kier molecular flexibility index (Phi) is 4.52. The van der Waals surface area contributed by atoms with Gasteiger partial charge >= 0.3 is 0 Å². The van der Waals surface area contributed by atoms with Crippen LogP contribution in [0.2, 0.25) is 0 Å². The van der Waals surface area contributed by atoms with E-state index in [1.165, 1.54) is 0 Å². The Balaban J connectivity index is 1.77. The van der Waals surface area contributed by atoms with E-state index in [1.807, 2.05) is 18.2 Å². The van der Waals surface area contributed by atoms with Crippen LogP contribution in [0, 0.1) is 0 Å². The van der Waals surface area contributed by atoms with Crippen LogP contribution >= 0.6 is 15.9 Å². The predicted octanol–water partition coefficient (Wildman–Crippen LogP) is 2.53. The molecule has 1 amide bonds. The highest BCUT2D eigenvalue weighted by Crippen LogP contribution is 2.15. The normalized spacial score (nSPS) is 10.3. The smallest absolute Gasteiger partial charge is 0.252 e. The summed E-state index contributed by atoms with van der Waals surface area (Å²) in [6, 6.07) is 7.39. The van der Waals surface area contributed by atoms with Crippen molar-refractivity contribution in [2.24, 2.45) is 0 Å². The quantitative estimate of drug-likeness (QED) is 0.834. The van der Waals surface area contributed by atoms with E-state index in [0.717, 1.165) is 23.1 Å². The Morgan fingerprint density at radius 3 is 2.94 bits per heavy atom. The summed E-state index contributed by atoms with van der Waals surface area (Å²) in [4.78, 5) is 19.0. The maximum Gasteiger partial charge on any atom is 0.252 e. The number of aryl methyl sites for hydroxylation is 1. The molecule has 2 N–H and O–H groups in total. The molecule has 4 nitrogen and oxygen atoms in total. The average molecular weight is 308 g/mol. The van der Waals surface area contributed by atoms with E-state index in [2.05, 4.69) is 31.2 Å². The van der Waals surface area contributed by atoms with Gasteiger partial charge in [0.15, 0.2) is 0 Å². The fourth-order valence-electron chi connectivity index (χ4n) is 1.63. The lowest BCUT2D eigenvalue weighted by Gasteiger charge is -2.06. The van der Waals surface area contributed by atoms with Crippen molar-refractivity contribution in [2.45, 2.75) is 12.8 Å². The van der Waals surface area contributed by atoms with Crippen molar-refractivity contribution in [2.75, 3.05) is 6.54 Å². The van der Waals surface area contributed by atoms with Gasteiger partial charge in [-0.25, -0.2) is 4.98 Å². The third-order valence-corrected chi connectivity index (χ3v) is 3.24. The fourth-order valence-corrected chi connectivity index (χ4v) is 2.10. The maximum atomic E-state index is 11.9. The van der Waals surface area contributed by atoms with Gasteiger partial charge in [-0.15, -0.1) is 0 Å². The van der Waals surface area contributed by atoms with Crippen molar-refractivity contribution in [3.8, 4) is 0 Å². The third kappa shape index (κ3) is 3.43. The first kappa shape index (κ1) is 12.8. The second-order valence-corrected chi connectivity index (χ2v) is 4.73. The third-order valence-electron chi connectivity index (χ3n) is 2.55. The number of carbonyl (C=O) groups excluding carboxylic acids is 1. The van der Waals surface area contributed by atoms with Crippen LogP contribution in [-0.2, 0) is 6.42 Å². The lowest BCUT2D eigenvalue weighted by molar-refractivity contribution is 0.0952. The molecule has 2 aromatic rings. The van der Waals surface area contributed by atoms with Crippen LogP contribution in [0.15, 0.2) is 41.1 Å². The van der Waals surface area contributed by atoms with Crippen LogP contribution in [-0.4, -0.2) is 22.4 Å².